The molecular formula is C18H17NOS. The van der Waals surface area contributed by atoms with Crippen molar-refractivity contribution < 1.29 is 4.74 Å². The van der Waals surface area contributed by atoms with Gasteiger partial charge >= 0.3 is 0 Å². The van der Waals surface area contributed by atoms with Crippen molar-refractivity contribution in [1.29, 1.82) is 0 Å². The molecule has 0 radical (unpaired) electrons. The number of hydrogen-bond acceptors (Lipinski definition) is 3. The third-order valence-electron chi connectivity index (χ3n) is 3.17. The van der Waals surface area contributed by atoms with E-state index in [1.165, 1.54) is 16.0 Å². The van der Waals surface area contributed by atoms with Crippen LogP contribution in [0, 0.1) is 0 Å². The average Bonchev–Trinajstić information content (AvgIpc) is 3.02. The second-order valence-corrected chi connectivity index (χ2v) is 5.88. The Labute approximate surface area is 129 Å². The summed E-state index contributed by atoms with van der Waals surface area (Å²) in [5.74, 6) is 0. The molecule has 0 unspecified atom stereocenters. The summed E-state index contributed by atoms with van der Waals surface area (Å²) < 4.78 is 5.68. The minimum atomic E-state index is 0.634. The fourth-order valence-electron chi connectivity index (χ4n) is 2.08. The van der Waals surface area contributed by atoms with Gasteiger partial charge in [0.1, 0.15) is 5.04 Å². The number of aliphatic imine (C=N–C) groups is 1. The summed E-state index contributed by atoms with van der Waals surface area (Å²) in [4.78, 5) is 5.85. The minimum Gasteiger partial charge on any atom is -0.373 e. The normalized spacial score (nSPS) is 16.2. The van der Waals surface area contributed by atoms with Gasteiger partial charge in [0.2, 0.25) is 0 Å². The zero-order valence-corrected chi connectivity index (χ0v) is 12.6. The van der Waals surface area contributed by atoms with Crippen molar-refractivity contribution in [3.05, 3.63) is 82.8 Å². The van der Waals surface area contributed by atoms with Crippen molar-refractivity contribution in [3.8, 4) is 0 Å². The summed E-state index contributed by atoms with van der Waals surface area (Å²) in [6.07, 6.45) is 2.13. The maximum atomic E-state index is 5.68. The SMILES string of the molecule is C(/COCc1ccccc1)=C1/CN=C(c2ccccc2)S1. The van der Waals surface area contributed by atoms with Crippen LogP contribution in [0.5, 0.6) is 0 Å². The van der Waals surface area contributed by atoms with Gasteiger partial charge in [-0.25, -0.2) is 0 Å². The second-order valence-electron chi connectivity index (χ2n) is 4.76. The molecule has 1 aliphatic rings. The molecule has 0 bridgehead atoms. The van der Waals surface area contributed by atoms with Gasteiger partial charge in [0.25, 0.3) is 0 Å². The van der Waals surface area contributed by atoms with Gasteiger partial charge in [-0.15, -0.1) is 0 Å². The van der Waals surface area contributed by atoms with E-state index in [2.05, 4.69) is 35.3 Å². The van der Waals surface area contributed by atoms with E-state index in [1.54, 1.807) is 11.8 Å². The van der Waals surface area contributed by atoms with E-state index in [0.717, 1.165) is 11.6 Å². The quantitative estimate of drug-likeness (QED) is 0.768. The van der Waals surface area contributed by atoms with E-state index in [1.807, 2.05) is 36.4 Å². The lowest BCUT2D eigenvalue weighted by atomic mass is 10.2. The molecule has 0 N–H and O–H groups in total. The first-order valence-electron chi connectivity index (χ1n) is 7.00. The van der Waals surface area contributed by atoms with Crippen LogP contribution >= 0.6 is 11.8 Å². The van der Waals surface area contributed by atoms with Crippen LogP contribution in [0.15, 0.2) is 76.6 Å². The van der Waals surface area contributed by atoms with Crippen molar-refractivity contribution >= 4 is 16.8 Å². The van der Waals surface area contributed by atoms with Crippen LogP contribution in [-0.4, -0.2) is 18.2 Å². The number of nitrogens with zero attached hydrogens (tertiary/aromatic N) is 1. The van der Waals surface area contributed by atoms with Gasteiger partial charge in [-0.2, -0.15) is 0 Å². The minimum absolute atomic E-state index is 0.634. The van der Waals surface area contributed by atoms with E-state index >= 15 is 0 Å². The lowest BCUT2D eigenvalue weighted by molar-refractivity contribution is 0.148. The molecule has 1 aliphatic heterocycles. The summed E-state index contributed by atoms with van der Waals surface area (Å²) >= 11 is 1.74. The highest BCUT2D eigenvalue weighted by Crippen LogP contribution is 2.28. The van der Waals surface area contributed by atoms with Gasteiger partial charge < -0.3 is 4.74 Å². The topological polar surface area (TPSA) is 21.6 Å². The van der Waals surface area contributed by atoms with Gasteiger partial charge in [0, 0.05) is 10.5 Å². The van der Waals surface area contributed by atoms with E-state index in [4.69, 9.17) is 4.74 Å². The maximum absolute atomic E-state index is 5.68. The lowest BCUT2D eigenvalue weighted by Gasteiger charge is -2.02. The molecule has 2 aromatic carbocycles. The summed E-state index contributed by atoms with van der Waals surface area (Å²) in [6.45, 7) is 2.06. The van der Waals surface area contributed by atoms with E-state index < -0.39 is 0 Å². The third kappa shape index (κ3) is 4.06. The summed E-state index contributed by atoms with van der Waals surface area (Å²) in [5, 5.41) is 1.10. The number of benzene rings is 2. The Bertz CT molecular complexity index is 635. The van der Waals surface area contributed by atoms with Crippen LogP contribution in [0.1, 0.15) is 11.1 Å². The predicted octanol–water partition coefficient (Wildman–Crippen LogP) is 4.28. The van der Waals surface area contributed by atoms with E-state index in [9.17, 15) is 0 Å². The van der Waals surface area contributed by atoms with E-state index in [0.29, 0.717) is 13.2 Å². The standard InChI is InChI=1S/C18H17NOS/c1-3-7-15(8-4-1)14-20-12-11-17-13-19-18(21-17)16-9-5-2-6-10-16/h1-11H,12-14H2/b17-11+. The molecule has 0 aromatic heterocycles. The molecule has 2 nitrogen and oxygen atoms in total. The zero-order chi connectivity index (χ0) is 14.3. The molecule has 2 aromatic rings. The first-order chi connectivity index (χ1) is 10.4. The van der Waals surface area contributed by atoms with Crippen molar-refractivity contribution in [3.63, 3.8) is 0 Å². The van der Waals surface area contributed by atoms with Crippen LogP contribution in [0.2, 0.25) is 0 Å². The maximum Gasteiger partial charge on any atom is 0.103 e. The summed E-state index contributed by atoms with van der Waals surface area (Å²) in [7, 11) is 0. The molecule has 0 spiro atoms. The molecule has 0 amide bonds. The number of thioether (sulfide) groups is 1. The monoisotopic (exact) mass is 295 g/mol. The predicted molar refractivity (Wildman–Crippen MR) is 89.6 cm³/mol. The molecule has 106 valence electrons. The van der Waals surface area contributed by atoms with Crippen LogP contribution < -0.4 is 0 Å². The fraction of sp³-hybridized carbons (Fsp3) is 0.167. The lowest BCUT2D eigenvalue weighted by Crippen LogP contribution is -1.93. The first kappa shape index (κ1) is 14.1. The van der Waals surface area contributed by atoms with Gasteiger partial charge in [-0.1, -0.05) is 72.4 Å². The molecule has 0 saturated heterocycles. The molecule has 1 heterocycles. The van der Waals surface area contributed by atoms with Crippen LogP contribution in [0.4, 0.5) is 0 Å². The first-order valence-corrected chi connectivity index (χ1v) is 7.82. The Kier molecular flexibility index (Phi) is 4.87. The van der Waals surface area contributed by atoms with Crippen molar-refractivity contribution in [2.75, 3.05) is 13.2 Å². The Morgan fingerprint density at radius 1 is 1.00 bits per heavy atom. The van der Waals surface area contributed by atoms with E-state index in [-0.39, 0.29) is 0 Å². The van der Waals surface area contributed by atoms with Crippen molar-refractivity contribution in [2.24, 2.45) is 4.99 Å². The Morgan fingerprint density at radius 2 is 1.71 bits per heavy atom. The van der Waals surface area contributed by atoms with Gasteiger partial charge in [0.15, 0.2) is 0 Å². The number of ether oxygens (including phenoxy) is 1. The highest BCUT2D eigenvalue weighted by atomic mass is 32.2. The van der Waals surface area contributed by atoms with Gasteiger partial charge in [-0.3, -0.25) is 4.99 Å². The second kappa shape index (κ2) is 7.25. The smallest absolute Gasteiger partial charge is 0.103 e. The fourth-order valence-corrected chi connectivity index (χ4v) is 2.99. The molecule has 0 atom stereocenters. The number of hydrogen-bond donors (Lipinski definition) is 0. The van der Waals surface area contributed by atoms with Crippen molar-refractivity contribution in [1.82, 2.24) is 0 Å². The Morgan fingerprint density at radius 3 is 2.48 bits per heavy atom. The summed E-state index contributed by atoms with van der Waals surface area (Å²) in [5.41, 5.74) is 2.40. The zero-order valence-electron chi connectivity index (χ0n) is 11.7. The van der Waals surface area contributed by atoms with Crippen LogP contribution in [-0.2, 0) is 11.3 Å². The molecular weight excluding hydrogens is 278 g/mol. The molecule has 0 fully saturated rings. The molecule has 3 rings (SSSR count). The molecule has 0 aliphatic carbocycles. The van der Waals surface area contributed by atoms with Gasteiger partial charge in [-0.05, 0) is 11.6 Å². The number of rotatable bonds is 5. The Hall–Kier alpha value is -1.84. The Balaban J connectivity index is 1.47. The van der Waals surface area contributed by atoms with Crippen LogP contribution in [0.3, 0.4) is 0 Å². The largest absolute Gasteiger partial charge is 0.373 e. The molecule has 21 heavy (non-hydrogen) atoms. The highest BCUT2D eigenvalue weighted by molar-refractivity contribution is 8.18. The van der Waals surface area contributed by atoms with Crippen LogP contribution in [0.25, 0.3) is 0 Å². The van der Waals surface area contributed by atoms with Gasteiger partial charge in [0.05, 0.1) is 19.8 Å². The summed E-state index contributed by atoms with van der Waals surface area (Å²) in [6, 6.07) is 20.5. The average molecular weight is 295 g/mol. The molecule has 3 heteroatoms. The third-order valence-corrected chi connectivity index (χ3v) is 4.28. The highest BCUT2D eigenvalue weighted by Gasteiger charge is 2.13. The molecule has 0 saturated carbocycles. The van der Waals surface area contributed by atoms with Crippen molar-refractivity contribution in [2.45, 2.75) is 6.61 Å².